The highest BCUT2D eigenvalue weighted by Crippen LogP contribution is 2.22. The quantitative estimate of drug-likeness (QED) is 0.608. The summed E-state index contributed by atoms with van der Waals surface area (Å²) in [6, 6.07) is 0. The Bertz CT molecular complexity index is 164. The van der Waals surface area contributed by atoms with Crippen molar-refractivity contribution in [3.05, 3.63) is 0 Å². The second kappa shape index (κ2) is 3.05. The molecule has 1 saturated heterocycles. The van der Waals surface area contributed by atoms with Crippen LogP contribution in [0, 0.1) is 0 Å². The van der Waals surface area contributed by atoms with Crippen LogP contribution in [-0.2, 0) is 9.59 Å². The van der Waals surface area contributed by atoms with Crippen molar-refractivity contribution in [3.63, 3.8) is 0 Å². The zero-order chi connectivity index (χ0) is 7.56. The number of thioether (sulfide) groups is 1. The van der Waals surface area contributed by atoms with Crippen LogP contribution in [0.15, 0.2) is 0 Å². The molecule has 3 nitrogen and oxygen atoms in total. The fourth-order valence-corrected chi connectivity index (χ4v) is 1.92. The van der Waals surface area contributed by atoms with Gasteiger partial charge < -0.3 is 5.11 Å². The third-order valence-corrected chi connectivity index (χ3v) is 2.60. The van der Waals surface area contributed by atoms with E-state index in [-0.39, 0.29) is 12.2 Å². The summed E-state index contributed by atoms with van der Waals surface area (Å²) in [7, 11) is 0. The first-order valence-corrected chi connectivity index (χ1v) is 4.11. The summed E-state index contributed by atoms with van der Waals surface area (Å²) in [5, 5.41) is 8.00. The molecule has 0 aromatic heterocycles. The molecule has 1 heterocycles. The highest BCUT2D eigenvalue weighted by atomic mass is 32.2. The SMILES string of the molecule is O=C1CCSC(C(=O)O)C1. The summed E-state index contributed by atoms with van der Waals surface area (Å²) in [6.45, 7) is 0. The number of hydrogen-bond donors (Lipinski definition) is 1. The first-order valence-electron chi connectivity index (χ1n) is 3.06. The lowest BCUT2D eigenvalue weighted by Crippen LogP contribution is -2.25. The predicted molar refractivity (Wildman–Crippen MR) is 38.1 cm³/mol. The van der Waals surface area contributed by atoms with Crippen molar-refractivity contribution in [2.24, 2.45) is 0 Å². The largest absolute Gasteiger partial charge is 0.480 e. The summed E-state index contributed by atoms with van der Waals surface area (Å²) in [5.41, 5.74) is 0. The first-order chi connectivity index (χ1) is 4.70. The molecule has 1 aliphatic rings. The normalized spacial score (nSPS) is 26.4. The number of ketones is 1. The predicted octanol–water partition coefficient (Wildman–Crippen LogP) is 0.536. The summed E-state index contributed by atoms with van der Waals surface area (Å²) in [4.78, 5) is 21.0. The van der Waals surface area contributed by atoms with Gasteiger partial charge in [0.05, 0.1) is 0 Å². The molecular formula is C6H8O3S. The molecule has 1 fully saturated rings. The van der Waals surface area contributed by atoms with E-state index in [1.807, 2.05) is 0 Å². The molecule has 0 aromatic carbocycles. The zero-order valence-corrected chi connectivity index (χ0v) is 6.19. The number of rotatable bonds is 1. The van der Waals surface area contributed by atoms with Crippen LogP contribution in [0.1, 0.15) is 12.8 Å². The van der Waals surface area contributed by atoms with Gasteiger partial charge in [0, 0.05) is 18.6 Å². The van der Waals surface area contributed by atoms with Gasteiger partial charge in [-0.3, -0.25) is 9.59 Å². The second-order valence-corrected chi connectivity index (χ2v) is 3.50. The van der Waals surface area contributed by atoms with Crippen molar-refractivity contribution in [1.82, 2.24) is 0 Å². The van der Waals surface area contributed by atoms with E-state index in [9.17, 15) is 9.59 Å². The standard InChI is InChI=1S/C6H8O3S/c7-4-1-2-10-5(3-4)6(8)9/h5H,1-3H2,(H,8,9). The van der Waals surface area contributed by atoms with Crippen LogP contribution in [0.4, 0.5) is 0 Å². The van der Waals surface area contributed by atoms with Crippen LogP contribution < -0.4 is 0 Å². The molecule has 0 saturated carbocycles. The Kier molecular flexibility index (Phi) is 2.32. The Labute approximate surface area is 62.8 Å². The maximum Gasteiger partial charge on any atom is 0.317 e. The Morgan fingerprint density at radius 3 is 2.80 bits per heavy atom. The van der Waals surface area contributed by atoms with Crippen molar-refractivity contribution in [2.75, 3.05) is 5.75 Å². The monoisotopic (exact) mass is 160 g/mol. The van der Waals surface area contributed by atoms with E-state index in [1.165, 1.54) is 11.8 Å². The van der Waals surface area contributed by atoms with Crippen molar-refractivity contribution >= 4 is 23.5 Å². The molecule has 0 radical (unpaired) electrons. The average Bonchev–Trinajstić information content (AvgIpc) is 1.88. The molecule has 0 bridgehead atoms. The van der Waals surface area contributed by atoms with Gasteiger partial charge in [0.25, 0.3) is 0 Å². The van der Waals surface area contributed by atoms with Crippen LogP contribution in [0.2, 0.25) is 0 Å². The first kappa shape index (κ1) is 7.60. The minimum atomic E-state index is -0.863. The molecule has 1 atom stereocenters. The van der Waals surface area contributed by atoms with Gasteiger partial charge in [-0.1, -0.05) is 0 Å². The number of hydrogen-bond acceptors (Lipinski definition) is 3. The average molecular weight is 160 g/mol. The maximum absolute atomic E-state index is 10.7. The van der Waals surface area contributed by atoms with E-state index >= 15 is 0 Å². The fourth-order valence-electron chi connectivity index (χ4n) is 0.841. The zero-order valence-electron chi connectivity index (χ0n) is 5.37. The van der Waals surface area contributed by atoms with E-state index in [0.29, 0.717) is 12.2 Å². The third kappa shape index (κ3) is 1.73. The summed E-state index contributed by atoms with van der Waals surface area (Å²) in [5.74, 6) is -0.125. The number of carbonyl (C=O) groups is 2. The van der Waals surface area contributed by atoms with Crippen molar-refractivity contribution in [2.45, 2.75) is 18.1 Å². The van der Waals surface area contributed by atoms with Crippen LogP contribution in [0.25, 0.3) is 0 Å². The van der Waals surface area contributed by atoms with E-state index in [0.717, 1.165) is 0 Å². The number of carbonyl (C=O) groups excluding carboxylic acids is 1. The van der Waals surface area contributed by atoms with E-state index in [1.54, 1.807) is 0 Å². The molecule has 1 unspecified atom stereocenters. The Hall–Kier alpha value is -0.510. The van der Waals surface area contributed by atoms with Gasteiger partial charge in [-0.2, -0.15) is 0 Å². The van der Waals surface area contributed by atoms with Gasteiger partial charge in [0.15, 0.2) is 0 Å². The molecular weight excluding hydrogens is 152 g/mol. The Balaban J connectivity index is 2.47. The second-order valence-electron chi connectivity index (χ2n) is 2.19. The minimum Gasteiger partial charge on any atom is -0.480 e. The van der Waals surface area contributed by atoms with Crippen LogP contribution >= 0.6 is 11.8 Å². The number of aliphatic carboxylic acids is 1. The fraction of sp³-hybridized carbons (Fsp3) is 0.667. The Morgan fingerprint density at radius 1 is 1.70 bits per heavy atom. The molecule has 56 valence electrons. The van der Waals surface area contributed by atoms with Gasteiger partial charge in [0.2, 0.25) is 0 Å². The van der Waals surface area contributed by atoms with Crippen molar-refractivity contribution < 1.29 is 14.7 Å². The maximum atomic E-state index is 10.7. The van der Waals surface area contributed by atoms with E-state index in [2.05, 4.69) is 0 Å². The molecule has 1 aliphatic heterocycles. The summed E-state index contributed by atoms with van der Waals surface area (Å²) in [6.07, 6.45) is 0.744. The molecule has 0 amide bonds. The lowest BCUT2D eigenvalue weighted by atomic mass is 10.2. The molecule has 10 heavy (non-hydrogen) atoms. The minimum absolute atomic E-state index is 0.0751. The molecule has 0 spiro atoms. The third-order valence-electron chi connectivity index (χ3n) is 1.39. The molecule has 1 N–H and O–H groups in total. The lowest BCUT2D eigenvalue weighted by Gasteiger charge is -2.15. The Morgan fingerprint density at radius 2 is 2.40 bits per heavy atom. The van der Waals surface area contributed by atoms with Crippen LogP contribution in [-0.4, -0.2) is 27.9 Å². The number of carboxylic acids is 1. The van der Waals surface area contributed by atoms with Gasteiger partial charge >= 0.3 is 5.97 Å². The van der Waals surface area contributed by atoms with Gasteiger partial charge in [-0.15, -0.1) is 11.8 Å². The highest BCUT2D eigenvalue weighted by Gasteiger charge is 2.25. The number of Topliss-reactive ketones (excluding diaryl/α,β-unsaturated/α-hetero) is 1. The molecule has 0 aromatic rings. The van der Waals surface area contributed by atoms with Gasteiger partial charge in [-0.25, -0.2) is 0 Å². The molecule has 1 rings (SSSR count). The molecule has 0 aliphatic carbocycles. The van der Waals surface area contributed by atoms with Crippen LogP contribution in [0.5, 0.6) is 0 Å². The van der Waals surface area contributed by atoms with Gasteiger partial charge in [-0.05, 0) is 0 Å². The summed E-state index contributed by atoms with van der Waals surface area (Å²) >= 11 is 1.35. The molecule has 4 heteroatoms. The van der Waals surface area contributed by atoms with E-state index in [4.69, 9.17) is 5.11 Å². The van der Waals surface area contributed by atoms with Crippen molar-refractivity contribution in [3.8, 4) is 0 Å². The summed E-state index contributed by atoms with van der Waals surface area (Å²) < 4.78 is 0. The van der Waals surface area contributed by atoms with Crippen LogP contribution in [0.3, 0.4) is 0 Å². The van der Waals surface area contributed by atoms with E-state index < -0.39 is 11.2 Å². The number of carboxylic acid groups (broad SMARTS) is 1. The van der Waals surface area contributed by atoms with Crippen molar-refractivity contribution in [1.29, 1.82) is 0 Å². The highest BCUT2D eigenvalue weighted by molar-refractivity contribution is 8.00. The smallest absolute Gasteiger partial charge is 0.317 e. The lowest BCUT2D eigenvalue weighted by molar-refractivity contribution is -0.138. The van der Waals surface area contributed by atoms with Gasteiger partial charge in [0.1, 0.15) is 11.0 Å². The topological polar surface area (TPSA) is 54.4 Å².